The molecule has 0 aliphatic rings. The lowest BCUT2D eigenvalue weighted by atomic mass is 9.94. The number of nitrogens with one attached hydrogen (secondary N) is 1. The molecule has 1 heterocycles. The van der Waals surface area contributed by atoms with Gasteiger partial charge in [-0.25, -0.2) is 0 Å². The average molecular weight is 212 g/mol. The highest BCUT2D eigenvalue weighted by molar-refractivity contribution is 7.09. The van der Waals surface area contributed by atoms with E-state index in [1.54, 1.807) is 11.3 Å². The van der Waals surface area contributed by atoms with Crippen molar-refractivity contribution in [3.05, 3.63) is 22.4 Å². The molecule has 3 heteroatoms. The van der Waals surface area contributed by atoms with Crippen LogP contribution in [0.4, 0.5) is 0 Å². The van der Waals surface area contributed by atoms with Gasteiger partial charge in [0, 0.05) is 23.5 Å². The average Bonchev–Trinajstić information content (AvgIpc) is 2.70. The molecule has 1 aromatic rings. The van der Waals surface area contributed by atoms with Crippen LogP contribution in [0.5, 0.6) is 0 Å². The molecule has 3 N–H and O–H groups in total. The summed E-state index contributed by atoms with van der Waals surface area (Å²) in [5, 5.41) is 5.52. The van der Waals surface area contributed by atoms with Gasteiger partial charge in [0.1, 0.15) is 0 Å². The van der Waals surface area contributed by atoms with E-state index in [9.17, 15) is 0 Å². The predicted octanol–water partition coefficient (Wildman–Crippen LogP) is 2.36. The first kappa shape index (κ1) is 11.7. The molecule has 0 radical (unpaired) electrons. The second-order valence-corrected chi connectivity index (χ2v) is 4.78. The van der Waals surface area contributed by atoms with Crippen LogP contribution >= 0.6 is 11.3 Å². The Kier molecular flexibility index (Phi) is 4.58. The SMILES string of the molecule is CCC(N)(CC)CNCc1cccs1. The first-order valence-electron chi connectivity index (χ1n) is 5.22. The molecular weight excluding hydrogens is 192 g/mol. The molecule has 0 spiro atoms. The molecule has 0 fully saturated rings. The van der Waals surface area contributed by atoms with Crippen LogP contribution in [0.2, 0.25) is 0 Å². The van der Waals surface area contributed by atoms with Crippen LogP contribution in [0.3, 0.4) is 0 Å². The normalized spacial score (nSPS) is 11.9. The fourth-order valence-electron chi connectivity index (χ4n) is 1.35. The highest BCUT2D eigenvalue weighted by Crippen LogP contribution is 2.11. The van der Waals surface area contributed by atoms with E-state index in [2.05, 4.69) is 36.7 Å². The monoisotopic (exact) mass is 212 g/mol. The maximum absolute atomic E-state index is 6.18. The van der Waals surface area contributed by atoms with Crippen LogP contribution < -0.4 is 11.1 Å². The van der Waals surface area contributed by atoms with Crippen LogP contribution in [-0.2, 0) is 6.54 Å². The van der Waals surface area contributed by atoms with Crippen LogP contribution in [0.1, 0.15) is 31.6 Å². The van der Waals surface area contributed by atoms with E-state index in [1.165, 1.54) is 4.88 Å². The van der Waals surface area contributed by atoms with Crippen molar-refractivity contribution in [1.29, 1.82) is 0 Å². The second kappa shape index (κ2) is 5.49. The third-order valence-corrected chi connectivity index (χ3v) is 3.64. The smallest absolute Gasteiger partial charge is 0.0300 e. The molecule has 0 aliphatic carbocycles. The Morgan fingerprint density at radius 3 is 2.64 bits per heavy atom. The summed E-state index contributed by atoms with van der Waals surface area (Å²) >= 11 is 1.79. The summed E-state index contributed by atoms with van der Waals surface area (Å²) in [7, 11) is 0. The Labute approximate surface area is 90.5 Å². The summed E-state index contributed by atoms with van der Waals surface area (Å²) < 4.78 is 0. The molecule has 1 rings (SSSR count). The van der Waals surface area contributed by atoms with Crippen molar-refractivity contribution in [2.45, 2.75) is 38.8 Å². The molecule has 0 saturated heterocycles. The fraction of sp³-hybridized carbons (Fsp3) is 0.636. The summed E-state index contributed by atoms with van der Waals surface area (Å²) in [6.07, 6.45) is 2.06. The minimum atomic E-state index is -0.0305. The van der Waals surface area contributed by atoms with E-state index in [0.717, 1.165) is 25.9 Å². The van der Waals surface area contributed by atoms with Gasteiger partial charge in [-0.2, -0.15) is 0 Å². The summed E-state index contributed by atoms with van der Waals surface area (Å²) in [5.41, 5.74) is 6.15. The lowest BCUT2D eigenvalue weighted by Gasteiger charge is -2.26. The summed E-state index contributed by atoms with van der Waals surface area (Å²) in [5.74, 6) is 0. The lowest BCUT2D eigenvalue weighted by molar-refractivity contribution is 0.370. The Morgan fingerprint density at radius 1 is 1.43 bits per heavy atom. The molecule has 0 amide bonds. The molecule has 1 aromatic heterocycles. The van der Waals surface area contributed by atoms with Gasteiger partial charge in [0.25, 0.3) is 0 Å². The van der Waals surface area contributed by atoms with Gasteiger partial charge in [-0.1, -0.05) is 19.9 Å². The van der Waals surface area contributed by atoms with Gasteiger partial charge in [-0.05, 0) is 24.3 Å². The Hall–Kier alpha value is -0.380. The zero-order valence-electron chi connectivity index (χ0n) is 9.05. The minimum absolute atomic E-state index is 0.0305. The van der Waals surface area contributed by atoms with Crippen molar-refractivity contribution >= 4 is 11.3 Å². The first-order valence-corrected chi connectivity index (χ1v) is 6.10. The first-order chi connectivity index (χ1) is 6.70. The number of thiophene rings is 1. The van der Waals surface area contributed by atoms with Crippen molar-refractivity contribution < 1.29 is 0 Å². The molecule has 0 saturated carbocycles. The Balaban J connectivity index is 2.27. The highest BCUT2D eigenvalue weighted by atomic mass is 32.1. The third kappa shape index (κ3) is 3.40. The van der Waals surface area contributed by atoms with Gasteiger partial charge < -0.3 is 11.1 Å². The number of hydrogen-bond donors (Lipinski definition) is 2. The van der Waals surface area contributed by atoms with Gasteiger partial charge in [0.15, 0.2) is 0 Å². The van der Waals surface area contributed by atoms with Crippen molar-refractivity contribution in [1.82, 2.24) is 5.32 Å². The molecule has 0 aliphatic heterocycles. The van der Waals surface area contributed by atoms with Gasteiger partial charge in [0.2, 0.25) is 0 Å². The summed E-state index contributed by atoms with van der Waals surface area (Å²) in [6.45, 7) is 6.14. The Morgan fingerprint density at radius 2 is 2.14 bits per heavy atom. The number of rotatable bonds is 6. The van der Waals surface area contributed by atoms with E-state index in [0.29, 0.717) is 0 Å². The van der Waals surface area contributed by atoms with Crippen LogP contribution in [0.15, 0.2) is 17.5 Å². The quantitative estimate of drug-likeness (QED) is 0.759. The maximum atomic E-state index is 6.18. The van der Waals surface area contributed by atoms with E-state index in [1.807, 2.05) is 0 Å². The fourth-order valence-corrected chi connectivity index (χ4v) is 2.02. The molecule has 0 unspecified atom stereocenters. The zero-order chi connectivity index (χ0) is 10.4. The van der Waals surface area contributed by atoms with Crippen LogP contribution in [0, 0.1) is 0 Å². The Bertz CT molecular complexity index is 240. The molecular formula is C11H20N2S. The summed E-state index contributed by atoms with van der Waals surface area (Å²) in [4.78, 5) is 1.37. The molecule has 0 aromatic carbocycles. The van der Waals surface area contributed by atoms with Crippen LogP contribution in [-0.4, -0.2) is 12.1 Å². The lowest BCUT2D eigenvalue weighted by Crippen LogP contribution is -2.47. The number of hydrogen-bond acceptors (Lipinski definition) is 3. The van der Waals surface area contributed by atoms with Crippen molar-refractivity contribution in [2.24, 2.45) is 5.73 Å². The van der Waals surface area contributed by atoms with Crippen molar-refractivity contribution in [3.63, 3.8) is 0 Å². The third-order valence-electron chi connectivity index (χ3n) is 2.76. The van der Waals surface area contributed by atoms with Gasteiger partial charge in [-0.3, -0.25) is 0 Å². The second-order valence-electron chi connectivity index (χ2n) is 3.75. The van der Waals surface area contributed by atoms with Crippen LogP contribution in [0.25, 0.3) is 0 Å². The van der Waals surface area contributed by atoms with Crippen molar-refractivity contribution in [3.8, 4) is 0 Å². The van der Waals surface area contributed by atoms with Gasteiger partial charge in [0.05, 0.1) is 0 Å². The minimum Gasteiger partial charge on any atom is -0.324 e. The molecule has 0 bridgehead atoms. The largest absolute Gasteiger partial charge is 0.324 e. The summed E-state index contributed by atoms with van der Waals surface area (Å²) in [6, 6.07) is 4.23. The zero-order valence-corrected chi connectivity index (χ0v) is 9.86. The molecule has 80 valence electrons. The van der Waals surface area contributed by atoms with E-state index in [4.69, 9.17) is 5.73 Å². The van der Waals surface area contributed by atoms with E-state index < -0.39 is 0 Å². The van der Waals surface area contributed by atoms with E-state index >= 15 is 0 Å². The maximum Gasteiger partial charge on any atom is 0.0300 e. The number of nitrogens with two attached hydrogens (primary N) is 1. The standard InChI is InChI=1S/C11H20N2S/c1-3-11(12,4-2)9-13-8-10-6-5-7-14-10/h5-7,13H,3-4,8-9,12H2,1-2H3. The predicted molar refractivity (Wildman–Crippen MR) is 63.5 cm³/mol. The van der Waals surface area contributed by atoms with Gasteiger partial charge >= 0.3 is 0 Å². The highest BCUT2D eigenvalue weighted by Gasteiger charge is 2.18. The molecule has 2 nitrogen and oxygen atoms in total. The van der Waals surface area contributed by atoms with Gasteiger partial charge in [-0.15, -0.1) is 11.3 Å². The van der Waals surface area contributed by atoms with E-state index in [-0.39, 0.29) is 5.54 Å². The topological polar surface area (TPSA) is 38.0 Å². The molecule has 0 atom stereocenters. The molecule has 14 heavy (non-hydrogen) atoms. The van der Waals surface area contributed by atoms with Crippen molar-refractivity contribution in [2.75, 3.05) is 6.54 Å².